The predicted octanol–water partition coefficient (Wildman–Crippen LogP) is 4.02. The highest BCUT2D eigenvalue weighted by molar-refractivity contribution is 4.77. The van der Waals surface area contributed by atoms with Crippen LogP contribution in [-0.4, -0.2) is 12.4 Å². The molecule has 0 radical (unpaired) electrons. The SMILES string of the molecule is C.CC(C)C(C(F)(F)F)C(F)(F)F. The zero-order chi connectivity index (χ0) is 10.2. The van der Waals surface area contributed by atoms with Crippen LogP contribution in [0, 0.1) is 11.8 Å². The lowest BCUT2D eigenvalue weighted by Gasteiger charge is -2.25. The molecule has 0 aromatic rings. The zero-order valence-electron chi connectivity index (χ0n) is 6.42. The van der Waals surface area contributed by atoms with Gasteiger partial charge in [-0.05, 0) is 5.92 Å². The minimum atomic E-state index is -5.20. The van der Waals surface area contributed by atoms with Crippen LogP contribution in [0.3, 0.4) is 0 Å². The van der Waals surface area contributed by atoms with Gasteiger partial charge in [-0.3, -0.25) is 0 Å². The highest BCUT2D eigenvalue weighted by Crippen LogP contribution is 2.43. The Bertz CT molecular complexity index is 128. The van der Waals surface area contributed by atoms with Crippen molar-refractivity contribution in [2.24, 2.45) is 11.8 Å². The van der Waals surface area contributed by atoms with Gasteiger partial charge in [-0.1, -0.05) is 21.3 Å². The summed E-state index contributed by atoms with van der Waals surface area (Å²) in [6, 6.07) is 0. The molecule has 82 valence electrons. The molecule has 0 aliphatic rings. The van der Waals surface area contributed by atoms with Gasteiger partial charge in [0.1, 0.15) is 0 Å². The maximum absolute atomic E-state index is 11.7. The van der Waals surface area contributed by atoms with E-state index in [2.05, 4.69) is 0 Å². The molecule has 0 atom stereocenters. The van der Waals surface area contributed by atoms with Crippen molar-refractivity contribution >= 4 is 0 Å². The van der Waals surface area contributed by atoms with Crippen LogP contribution in [0.2, 0.25) is 0 Å². The van der Waals surface area contributed by atoms with Crippen molar-refractivity contribution in [3.05, 3.63) is 0 Å². The lowest BCUT2D eigenvalue weighted by atomic mass is 9.95. The van der Waals surface area contributed by atoms with Crippen LogP contribution in [0.15, 0.2) is 0 Å². The smallest absolute Gasteiger partial charge is 0.170 e. The summed E-state index contributed by atoms with van der Waals surface area (Å²) in [5.74, 6) is -4.70. The predicted molar refractivity (Wildman–Crippen MR) is 37.2 cm³/mol. The van der Waals surface area contributed by atoms with Gasteiger partial charge in [0, 0.05) is 0 Å². The third kappa shape index (κ3) is 4.38. The summed E-state index contributed by atoms with van der Waals surface area (Å²) in [7, 11) is 0. The van der Waals surface area contributed by atoms with Crippen LogP contribution in [0.5, 0.6) is 0 Å². The van der Waals surface area contributed by atoms with Gasteiger partial charge in [0.15, 0.2) is 5.92 Å². The van der Waals surface area contributed by atoms with Crippen molar-refractivity contribution in [1.82, 2.24) is 0 Å². The maximum Gasteiger partial charge on any atom is 0.400 e. The molecule has 0 bridgehead atoms. The molecule has 0 aliphatic heterocycles. The number of halogens is 6. The first kappa shape index (κ1) is 15.1. The third-order valence-electron chi connectivity index (χ3n) is 1.37. The van der Waals surface area contributed by atoms with Crippen molar-refractivity contribution in [3.63, 3.8) is 0 Å². The molecule has 0 aromatic carbocycles. The molecule has 0 saturated heterocycles. The lowest BCUT2D eigenvalue weighted by Crippen LogP contribution is -2.40. The second-order valence-electron chi connectivity index (χ2n) is 2.80. The Hall–Kier alpha value is -0.420. The Morgan fingerprint density at radius 2 is 1.00 bits per heavy atom. The van der Waals surface area contributed by atoms with Gasteiger partial charge in [-0.2, -0.15) is 26.3 Å². The molecule has 0 heterocycles. The van der Waals surface area contributed by atoms with E-state index in [-0.39, 0.29) is 7.43 Å². The standard InChI is InChI=1S/C6H8F6.CH4/c1-3(2)4(5(7,8)9)6(10,11)12;/h3-4H,1-2H3;1H4. The van der Waals surface area contributed by atoms with Crippen LogP contribution >= 0.6 is 0 Å². The minimum Gasteiger partial charge on any atom is -0.170 e. The molecule has 0 saturated carbocycles. The molecule has 6 heteroatoms. The third-order valence-corrected chi connectivity index (χ3v) is 1.37. The lowest BCUT2D eigenvalue weighted by molar-refractivity contribution is -0.295. The van der Waals surface area contributed by atoms with E-state index in [0.717, 1.165) is 13.8 Å². The summed E-state index contributed by atoms with van der Waals surface area (Å²) >= 11 is 0. The second kappa shape index (κ2) is 4.19. The van der Waals surface area contributed by atoms with E-state index in [4.69, 9.17) is 0 Å². The average Bonchev–Trinajstić information content (AvgIpc) is 1.49. The van der Waals surface area contributed by atoms with E-state index < -0.39 is 24.2 Å². The molecule has 0 aromatic heterocycles. The second-order valence-corrected chi connectivity index (χ2v) is 2.80. The first-order valence-electron chi connectivity index (χ1n) is 3.20. The fourth-order valence-corrected chi connectivity index (χ4v) is 0.942. The van der Waals surface area contributed by atoms with Gasteiger partial charge >= 0.3 is 12.4 Å². The van der Waals surface area contributed by atoms with Crippen LogP contribution in [0.4, 0.5) is 26.3 Å². The summed E-state index contributed by atoms with van der Waals surface area (Å²) in [6.07, 6.45) is -10.4. The normalized spacial score (nSPS) is 13.4. The molecule has 0 fully saturated rings. The van der Waals surface area contributed by atoms with E-state index in [0.29, 0.717) is 0 Å². The van der Waals surface area contributed by atoms with Gasteiger partial charge < -0.3 is 0 Å². The van der Waals surface area contributed by atoms with Crippen LogP contribution in [-0.2, 0) is 0 Å². The van der Waals surface area contributed by atoms with Gasteiger partial charge in [-0.25, -0.2) is 0 Å². The molecular weight excluding hydrogens is 198 g/mol. The van der Waals surface area contributed by atoms with Crippen LogP contribution < -0.4 is 0 Å². The minimum absolute atomic E-state index is 0. The topological polar surface area (TPSA) is 0 Å². The summed E-state index contributed by atoms with van der Waals surface area (Å²) in [4.78, 5) is 0. The Balaban J connectivity index is 0. The van der Waals surface area contributed by atoms with E-state index in [1.165, 1.54) is 0 Å². The molecular formula is C7H12F6. The van der Waals surface area contributed by atoms with Crippen molar-refractivity contribution in [2.75, 3.05) is 0 Å². The van der Waals surface area contributed by atoms with Crippen molar-refractivity contribution in [2.45, 2.75) is 33.6 Å². The van der Waals surface area contributed by atoms with Crippen LogP contribution in [0.25, 0.3) is 0 Å². The van der Waals surface area contributed by atoms with Gasteiger partial charge in [0.05, 0.1) is 0 Å². The zero-order valence-corrected chi connectivity index (χ0v) is 6.42. The van der Waals surface area contributed by atoms with Gasteiger partial charge in [-0.15, -0.1) is 0 Å². The quantitative estimate of drug-likeness (QED) is 0.573. The number of hydrogen-bond acceptors (Lipinski definition) is 0. The average molecular weight is 210 g/mol. The largest absolute Gasteiger partial charge is 0.400 e. The fraction of sp³-hybridized carbons (Fsp3) is 1.00. The molecule has 0 rings (SSSR count). The Morgan fingerprint density at radius 3 is 1.00 bits per heavy atom. The summed E-state index contributed by atoms with van der Waals surface area (Å²) in [5, 5.41) is 0. The Labute approximate surface area is 72.9 Å². The monoisotopic (exact) mass is 210 g/mol. The molecule has 0 unspecified atom stereocenters. The highest BCUT2D eigenvalue weighted by Gasteiger charge is 2.57. The first-order chi connectivity index (χ1) is 5.07. The number of hydrogen-bond donors (Lipinski definition) is 0. The van der Waals surface area contributed by atoms with Gasteiger partial charge in [0.2, 0.25) is 0 Å². The van der Waals surface area contributed by atoms with E-state index in [1.54, 1.807) is 0 Å². The number of alkyl halides is 6. The highest BCUT2D eigenvalue weighted by atomic mass is 19.4. The molecule has 0 nitrogen and oxygen atoms in total. The summed E-state index contributed by atoms with van der Waals surface area (Å²) in [5.41, 5.74) is 0. The van der Waals surface area contributed by atoms with Crippen molar-refractivity contribution in [1.29, 1.82) is 0 Å². The van der Waals surface area contributed by atoms with Crippen LogP contribution in [0.1, 0.15) is 21.3 Å². The van der Waals surface area contributed by atoms with E-state index >= 15 is 0 Å². The Kier molecular flexibility index (Phi) is 4.86. The first-order valence-corrected chi connectivity index (χ1v) is 3.20. The van der Waals surface area contributed by atoms with Crippen molar-refractivity contribution in [3.8, 4) is 0 Å². The molecule has 13 heavy (non-hydrogen) atoms. The molecule has 0 N–H and O–H groups in total. The van der Waals surface area contributed by atoms with E-state index in [9.17, 15) is 26.3 Å². The van der Waals surface area contributed by atoms with E-state index in [1.807, 2.05) is 0 Å². The van der Waals surface area contributed by atoms with Gasteiger partial charge in [0.25, 0.3) is 0 Å². The maximum atomic E-state index is 11.7. The molecule has 0 spiro atoms. The number of rotatable bonds is 1. The van der Waals surface area contributed by atoms with Crippen molar-refractivity contribution < 1.29 is 26.3 Å². The molecule has 0 aliphatic carbocycles. The summed E-state index contributed by atoms with van der Waals surface area (Å²) < 4.78 is 70.5. The Morgan fingerprint density at radius 1 is 0.769 bits per heavy atom. The fourth-order valence-electron chi connectivity index (χ4n) is 0.942. The molecule has 0 amide bonds. The summed E-state index contributed by atoms with van der Waals surface area (Å²) in [6.45, 7) is 1.79.